The Kier molecular flexibility index (Phi) is 7.71. The lowest BCUT2D eigenvalue weighted by Gasteiger charge is -2.14. The van der Waals surface area contributed by atoms with Gasteiger partial charge < -0.3 is 19.5 Å². The fourth-order valence-electron chi connectivity index (χ4n) is 2.22. The van der Waals surface area contributed by atoms with E-state index in [1.165, 1.54) is 0 Å². The van der Waals surface area contributed by atoms with E-state index in [1.807, 2.05) is 38.1 Å². The van der Waals surface area contributed by atoms with Gasteiger partial charge in [-0.25, -0.2) is 0 Å². The first-order chi connectivity index (χ1) is 12.6. The van der Waals surface area contributed by atoms with Crippen LogP contribution in [-0.2, 0) is 4.74 Å². The summed E-state index contributed by atoms with van der Waals surface area (Å²) < 4.78 is 16.6. The van der Waals surface area contributed by atoms with Crippen LogP contribution in [0.25, 0.3) is 0 Å². The molecule has 0 atom stereocenters. The molecule has 0 radical (unpaired) electrons. The van der Waals surface area contributed by atoms with Crippen LogP contribution in [0.1, 0.15) is 24.2 Å². The highest BCUT2D eigenvalue weighted by molar-refractivity contribution is 6.06. The molecule has 0 fully saturated rings. The number of nitrogens with one attached hydrogen (secondary N) is 1. The summed E-state index contributed by atoms with van der Waals surface area (Å²) in [5, 5.41) is 2.89. The lowest BCUT2D eigenvalue weighted by atomic mass is 10.1. The molecular weight excluding hydrogens is 330 g/mol. The van der Waals surface area contributed by atoms with Crippen LogP contribution in [0.2, 0.25) is 0 Å². The third-order valence-electron chi connectivity index (χ3n) is 3.43. The van der Waals surface area contributed by atoms with Crippen LogP contribution in [-0.4, -0.2) is 32.3 Å². The molecule has 0 heterocycles. The molecule has 5 heteroatoms. The molecule has 0 saturated carbocycles. The van der Waals surface area contributed by atoms with E-state index in [-0.39, 0.29) is 5.91 Å². The average Bonchev–Trinajstić information content (AvgIpc) is 2.64. The van der Waals surface area contributed by atoms with Crippen molar-refractivity contribution in [3.8, 4) is 11.5 Å². The third-order valence-corrected chi connectivity index (χ3v) is 3.43. The molecule has 0 aliphatic carbocycles. The summed E-state index contributed by atoms with van der Waals surface area (Å²) in [5.74, 6) is 0.854. The number of ether oxygens (including phenoxy) is 3. The normalized spacial score (nSPS) is 10.2. The van der Waals surface area contributed by atoms with E-state index >= 15 is 0 Å². The predicted octanol–water partition coefficient (Wildman–Crippen LogP) is 4.31. The number of hydrogen-bond acceptors (Lipinski definition) is 4. The van der Waals surface area contributed by atoms with Gasteiger partial charge >= 0.3 is 0 Å². The maximum absolute atomic E-state index is 12.7. The minimum Gasteiger partial charge on any atom is -0.490 e. The number of amides is 1. The molecular formula is C21H25NO4. The molecule has 2 rings (SSSR count). The summed E-state index contributed by atoms with van der Waals surface area (Å²) >= 11 is 0. The van der Waals surface area contributed by atoms with E-state index in [0.717, 1.165) is 5.57 Å². The Balaban J connectivity index is 2.09. The highest BCUT2D eigenvalue weighted by Crippen LogP contribution is 2.26. The molecule has 0 spiro atoms. The fraction of sp³-hybridized carbons (Fsp3) is 0.286. The maximum atomic E-state index is 12.7. The number of hydrogen-bond donors (Lipinski definition) is 1. The van der Waals surface area contributed by atoms with Gasteiger partial charge in [0.15, 0.2) is 0 Å². The number of rotatable bonds is 10. The van der Waals surface area contributed by atoms with Gasteiger partial charge in [0.1, 0.15) is 24.7 Å². The van der Waals surface area contributed by atoms with Crippen molar-refractivity contribution >= 4 is 11.6 Å². The second-order valence-corrected chi connectivity index (χ2v) is 5.74. The molecule has 0 saturated heterocycles. The summed E-state index contributed by atoms with van der Waals surface area (Å²) in [6, 6.07) is 14.4. The first-order valence-electron chi connectivity index (χ1n) is 8.59. The molecule has 26 heavy (non-hydrogen) atoms. The van der Waals surface area contributed by atoms with Gasteiger partial charge in [-0.3, -0.25) is 4.79 Å². The van der Waals surface area contributed by atoms with Crippen molar-refractivity contribution in [3.63, 3.8) is 0 Å². The van der Waals surface area contributed by atoms with E-state index in [0.29, 0.717) is 49.2 Å². The molecule has 2 aromatic rings. The molecule has 138 valence electrons. The number of anilines is 1. The summed E-state index contributed by atoms with van der Waals surface area (Å²) in [7, 11) is 0. The molecule has 0 unspecified atom stereocenters. The Bertz CT molecular complexity index is 742. The van der Waals surface area contributed by atoms with Crippen molar-refractivity contribution in [2.24, 2.45) is 0 Å². The number of benzene rings is 2. The quantitative estimate of drug-likeness (QED) is 0.510. The van der Waals surface area contributed by atoms with Crippen LogP contribution in [0.3, 0.4) is 0 Å². The fourth-order valence-corrected chi connectivity index (χ4v) is 2.22. The Morgan fingerprint density at radius 2 is 1.69 bits per heavy atom. The summed E-state index contributed by atoms with van der Waals surface area (Å²) in [4.78, 5) is 12.7. The topological polar surface area (TPSA) is 56.8 Å². The van der Waals surface area contributed by atoms with Gasteiger partial charge in [0.25, 0.3) is 5.91 Å². The lowest BCUT2D eigenvalue weighted by molar-refractivity contribution is 0.0997. The zero-order valence-corrected chi connectivity index (χ0v) is 15.3. The van der Waals surface area contributed by atoms with Crippen molar-refractivity contribution in [2.45, 2.75) is 13.8 Å². The summed E-state index contributed by atoms with van der Waals surface area (Å²) in [6.45, 7) is 9.52. The van der Waals surface area contributed by atoms with Crippen LogP contribution in [0.15, 0.2) is 60.7 Å². The predicted molar refractivity (Wildman–Crippen MR) is 103 cm³/mol. The molecule has 5 nitrogen and oxygen atoms in total. The smallest absolute Gasteiger partial charge is 0.259 e. The number of para-hydroxylation sites is 3. The SMILES string of the molecule is C=C(C)COc1ccccc1NC(=O)c1ccccc1OCCOCC. The largest absolute Gasteiger partial charge is 0.490 e. The van der Waals surface area contributed by atoms with Crippen LogP contribution in [0.4, 0.5) is 5.69 Å². The highest BCUT2D eigenvalue weighted by Gasteiger charge is 2.14. The van der Waals surface area contributed by atoms with Crippen LogP contribution >= 0.6 is 0 Å². The molecule has 0 bridgehead atoms. The monoisotopic (exact) mass is 355 g/mol. The molecule has 0 aromatic heterocycles. The van der Waals surface area contributed by atoms with Gasteiger partial charge in [-0.05, 0) is 43.7 Å². The van der Waals surface area contributed by atoms with E-state index in [1.54, 1.807) is 24.3 Å². The van der Waals surface area contributed by atoms with Crippen molar-refractivity contribution in [2.75, 3.05) is 31.7 Å². The summed E-state index contributed by atoms with van der Waals surface area (Å²) in [5.41, 5.74) is 1.96. The van der Waals surface area contributed by atoms with Crippen molar-refractivity contribution in [3.05, 3.63) is 66.2 Å². The third kappa shape index (κ3) is 5.93. The molecule has 1 N–H and O–H groups in total. The number of carbonyl (C=O) groups excluding carboxylic acids is 1. The summed E-state index contributed by atoms with van der Waals surface area (Å²) in [6.07, 6.45) is 0. The van der Waals surface area contributed by atoms with Crippen LogP contribution < -0.4 is 14.8 Å². The molecule has 0 aliphatic rings. The van der Waals surface area contributed by atoms with Gasteiger partial charge in [-0.1, -0.05) is 30.8 Å². The van der Waals surface area contributed by atoms with E-state index in [2.05, 4.69) is 11.9 Å². The van der Waals surface area contributed by atoms with E-state index in [4.69, 9.17) is 14.2 Å². The first kappa shape index (κ1) is 19.5. The Morgan fingerprint density at radius 1 is 1.00 bits per heavy atom. The van der Waals surface area contributed by atoms with Gasteiger partial charge in [-0.15, -0.1) is 0 Å². The van der Waals surface area contributed by atoms with E-state index in [9.17, 15) is 4.79 Å². The number of carbonyl (C=O) groups is 1. The Labute approximate surface area is 154 Å². The van der Waals surface area contributed by atoms with E-state index < -0.39 is 0 Å². The Hall–Kier alpha value is -2.79. The van der Waals surface area contributed by atoms with Gasteiger partial charge in [0.05, 0.1) is 17.9 Å². The van der Waals surface area contributed by atoms with Crippen molar-refractivity contribution < 1.29 is 19.0 Å². The van der Waals surface area contributed by atoms with Gasteiger partial charge in [0.2, 0.25) is 0 Å². The lowest BCUT2D eigenvalue weighted by Crippen LogP contribution is -2.16. The maximum Gasteiger partial charge on any atom is 0.259 e. The van der Waals surface area contributed by atoms with Crippen molar-refractivity contribution in [1.82, 2.24) is 0 Å². The minimum atomic E-state index is -0.261. The van der Waals surface area contributed by atoms with Crippen molar-refractivity contribution in [1.29, 1.82) is 0 Å². The van der Waals surface area contributed by atoms with Gasteiger partial charge in [-0.2, -0.15) is 0 Å². The van der Waals surface area contributed by atoms with Gasteiger partial charge in [0, 0.05) is 6.61 Å². The minimum absolute atomic E-state index is 0.261. The molecule has 1 amide bonds. The van der Waals surface area contributed by atoms with Crippen LogP contribution in [0, 0.1) is 0 Å². The second kappa shape index (κ2) is 10.3. The van der Waals surface area contributed by atoms with Crippen LogP contribution in [0.5, 0.6) is 11.5 Å². The molecule has 0 aliphatic heterocycles. The first-order valence-corrected chi connectivity index (χ1v) is 8.59. The Morgan fingerprint density at radius 3 is 2.42 bits per heavy atom. The molecule has 2 aromatic carbocycles. The average molecular weight is 355 g/mol. The highest BCUT2D eigenvalue weighted by atomic mass is 16.5. The zero-order valence-electron chi connectivity index (χ0n) is 15.3. The zero-order chi connectivity index (χ0) is 18.8. The second-order valence-electron chi connectivity index (χ2n) is 5.74. The standard InChI is InChI=1S/C21H25NO4/c1-4-24-13-14-25-19-11-7-5-9-17(19)21(23)22-18-10-6-8-12-20(18)26-15-16(2)3/h5-12H,2,4,13-15H2,1,3H3,(H,22,23).